The molecule has 2 aromatic heterocycles. The molecule has 120 valence electrons. The van der Waals surface area contributed by atoms with Gasteiger partial charge in [-0.3, -0.25) is 14.4 Å². The summed E-state index contributed by atoms with van der Waals surface area (Å²) in [6, 6.07) is 7.85. The van der Waals surface area contributed by atoms with E-state index in [2.05, 4.69) is 15.4 Å². The van der Waals surface area contributed by atoms with Gasteiger partial charge in [-0.05, 0) is 26.1 Å². The Morgan fingerprint density at radius 3 is 2.87 bits per heavy atom. The number of carbonyl (C=O) groups is 1. The zero-order valence-corrected chi connectivity index (χ0v) is 14.2. The van der Waals surface area contributed by atoms with Crippen LogP contribution in [-0.2, 0) is 18.4 Å². The summed E-state index contributed by atoms with van der Waals surface area (Å²) in [6.07, 6.45) is 1.98. The molecule has 6 nitrogen and oxygen atoms in total. The monoisotopic (exact) mass is 329 g/mol. The molecule has 0 saturated heterocycles. The van der Waals surface area contributed by atoms with Crippen molar-refractivity contribution >= 4 is 32.6 Å². The van der Waals surface area contributed by atoms with Crippen LogP contribution in [0.5, 0.6) is 0 Å². The topological polar surface area (TPSA) is 63.1 Å². The number of aromatic nitrogens is 3. The number of thiazole rings is 1. The fourth-order valence-electron chi connectivity index (χ4n) is 2.48. The minimum Gasteiger partial charge on any atom is -0.301 e. The quantitative estimate of drug-likeness (QED) is 0.781. The smallest absolute Gasteiger partial charge is 0.240 e. The van der Waals surface area contributed by atoms with Crippen LogP contribution in [0, 0.1) is 6.92 Å². The van der Waals surface area contributed by atoms with Crippen molar-refractivity contribution in [2.24, 2.45) is 7.05 Å². The molecule has 0 aliphatic rings. The Hall–Kier alpha value is -2.25. The van der Waals surface area contributed by atoms with Gasteiger partial charge in [-0.2, -0.15) is 5.10 Å². The van der Waals surface area contributed by atoms with Gasteiger partial charge in [0.15, 0.2) is 5.13 Å². The third-order valence-corrected chi connectivity index (χ3v) is 4.46. The molecular weight excluding hydrogens is 310 g/mol. The van der Waals surface area contributed by atoms with Crippen molar-refractivity contribution in [2.45, 2.75) is 13.5 Å². The minimum absolute atomic E-state index is 0.0619. The fraction of sp³-hybridized carbons (Fsp3) is 0.312. The molecule has 0 aliphatic heterocycles. The molecular formula is C16H19N5OS. The second kappa shape index (κ2) is 6.47. The number of aryl methyl sites for hydroxylation is 2. The number of para-hydroxylation sites is 1. The normalized spacial score (nSPS) is 11.3. The lowest BCUT2D eigenvalue weighted by atomic mass is 10.2. The molecule has 0 fully saturated rings. The Morgan fingerprint density at radius 2 is 2.17 bits per heavy atom. The van der Waals surface area contributed by atoms with Gasteiger partial charge >= 0.3 is 0 Å². The van der Waals surface area contributed by atoms with Crippen LogP contribution in [-0.4, -0.2) is 39.2 Å². The van der Waals surface area contributed by atoms with Crippen LogP contribution in [0.1, 0.15) is 11.3 Å². The number of nitrogens with zero attached hydrogens (tertiary/aromatic N) is 4. The number of nitrogens with one attached hydrogen (secondary N) is 1. The minimum atomic E-state index is -0.0619. The number of hydrogen-bond donors (Lipinski definition) is 1. The first kappa shape index (κ1) is 15.6. The van der Waals surface area contributed by atoms with Crippen LogP contribution in [0.2, 0.25) is 0 Å². The average Bonchev–Trinajstić information content (AvgIpc) is 3.00. The Kier molecular flexibility index (Phi) is 4.40. The van der Waals surface area contributed by atoms with E-state index in [-0.39, 0.29) is 5.91 Å². The van der Waals surface area contributed by atoms with Crippen LogP contribution in [0.3, 0.4) is 0 Å². The zero-order valence-electron chi connectivity index (χ0n) is 13.4. The van der Waals surface area contributed by atoms with Crippen LogP contribution in [0.4, 0.5) is 5.13 Å². The van der Waals surface area contributed by atoms with Crippen molar-refractivity contribution in [2.75, 3.05) is 18.9 Å². The van der Waals surface area contributed by atoms with Crippen LogP contribution >= 0.6 is 11.3 Å². The van der Waals surface area contributed by atoms with Gasteiger partial charge in [-0.25, -0.2) is 4.98 Å². The number of hydrogen-bond acceptors (Lipinski definition) is 5. The van der Waals surface area contributed by atoms with E-state index in [9.17, 15) is 4.79 Å². The first-order valence-corrected chi connectivity index (χ1v) is 8.16. The number of amides is 1. The van der Waals surface area contributed by atoms with E-state index in [0.29, 0.717) is 18.2 Å². The highest BCUT2D eigenvalue weighted by Gasteiger charge is 2.12. The van der Waals surface area contributed by atoms with Gasteiger partial charge in [-0.15, -0.1) is 0 Å². The Morgan fingerprint density at radius 1 is 1.39 bits per heavy atom. The van der Waals surface area contributed by atoms with E-state index in [4.69, 9.17) is 0 Å². The first-order chi connectivity index (χ1) is 11.0. The Balaban J connectivity index is 1.59. The molecule has 1 N–H and O–H groups in total. The summed E-state index contributed by atoms with van der Waals surface area (Å²) in [5.74, 6) is -0.0619. The van der Waals surface area contributed by atoms with Crippen molar-refractivity contribution in [1.29, 1.82) is 0 Å². The summed E-state index contributed by atoms with van der Waals surface area (Å²) >= 11 is 1.49. The fourth-order valence-corrected chi connectivity index (χ4v) is 3.36. The standard InChI is InChI=1S/C16H19N5OS/c1-11-12(9-21(3)19-11)8-20(2)10-15(22)18-16-17-13-6-4-5-7-14(13)23-16/h4-7,9H,8,10H2,1-3H3,(H,17,18,22). The number of anilines is 1. The summed E-state index contributed by atoms with van der Waals surface area (Å²) in [5.41, 5.74) is 3.03. The molecule has 3 rings (SSSR count). The van der Waals surface area contributed by atoms with E-state index >= 15 is 0 Å². The maximum atomic E-state index is 12.2. The maximum Gasteiger partial charge on any atom is 0.240 e. The maximum absolute atomic E-state index is 12.2. The van der Waals surface area contributed by atoms with Crippen molar-refractivity contribution < 1.29 is 4.79 Å². The van der Waals surface area contributed by atoms with Gasteiger partial charge in [0.25, 0.3) is 0 Å². The highest BCUT2D eigenvalue weighted by atomic mass is 32.1. The number of rotatable bonds is 5. The molecule has 0 unspecified atom stereocenters. The van der Waals surface area contributed by atoms with Crippen molar-refractivity contribution in [1.82, 2.24) is 19.7 Å². The number of likely N-dealkylation sites (N-methyl/N-ethyl adjacent to an activating group) is 1. The van der Waals surface area contributed by atoms with E-state index < -0.39 is 0 Å². The highest BCUT2D eigenvalue weighted by Crippen LogP contribution is 2.25. The van der Waals surface area contributed by atoms with Gasteiger partial charge in [0.1, 0.15) is 0 Å². The van der Waals surface area contributed by atoms with E-state index in [1.807, 2.05) is 56.4 Å². The molecule has 0 aliphatic carbocycles. The van der Waals surface area contributed by atoms with E-state index in [0.717, 1.165) is 21.5 Å². The zero-order chi connectivity index (χ0) is 16.4. The summed E-state index contributed by atoms with van der Waals surface area (Å²) in [7, 11) is 3.82. The Labute approximate surface area is 138 Å². The predicted molar refractivity (Wildman–Crippen MR) is 92.5 cm³/mol. The van der Waals surface area contributed by atoms with E-state index in [1.165, 1.54) is 11.3 Å². The highest BCUT2D eigenvalue weighted by molar-refractivity contribution is 7.22. The second-order valence-electron chi connectivity index (χ2n) is 5.62. The number of carbonyl (C=O) groups excluding carboxylic acids is 1. The largest absolute Gasteiger partial charge is 0.301 e. The molecule has 0 atom stereocenters. The van der Waals surface area contributed by atoms with Gasteiger partial charge in [-0.1, -0.05) is 23.5 Å². The molecule has 0 radical (unpaired) electrons. The molecule has 0 spiro atoms. The average molecular weight is 329 g/mol. The number of benzene rings is 1. The lowest BCUT2D eigenvalue weighted by molar-refractivity contribution is -0.117. The molecule has 0 saturated carbocycles. The summed E-state index contributed by atoms with van der Waals surface area (Å²) in [5, 5.41) is 7.83. The van der Waals surface area contributed by atoms with Crippen LogP contribution in [0.25, 0.3) is 10.2 Å². The lowest BCUT2D eigenvalue weighted by Gasteiger charge is -2.15. The van der Waals surface area contributed by atoms with Crippen molar-refractivity contribution in [3.63, 3.8) is 0 Å². The molecule has 3 aromatic rings. The molecule has 7 heteroatoms. The third-order valence-electron chi connectivity index (χ3n) is 3.51. The van der Waals surface area contributed by atoms with Crippen LogP contribution in [0.15, 0.2) is 30.5 Å². The number of fused-ring (bicyclic) bond motifs is 1. The van der Waals surface area contributed by atoms with Crippen molar-refractivity contribution in [3.8, 4) is 0 Å². The Bertz CT molecular complexity index is 805. The van der Waals surface area contributed by atoms with Gasteiger partial charge < -0.3 is 5.32 Å². The summed E-state index contributed by atoms with van der Waals surface area (Å²) in [6.45, 7) is 2.97. The summed E-state index contributed by atoms with van der Waals surface area (Å²) < 4.78 is 2.86. The molecule has 1 amide bonds. The molecule has 2 heterocycles. The van der Waals surface area contributed by atoms with Crippen molar-refractivity contribution in [3.05, 3.63) is 41.7 Å². The third kappa shape index (κ3) is 3.75. The van der Waals surface area contributed by atoms with Gasteiger partial charge in [0.05, 0.1) is 22.5 Å². The first-order valence-electron chi connectivity index (χ1n) is 7.34. The second-order valence-corrected chi connectivity index (χ2v) is 6.65. The molecule has 0 bridgehead atoms. The molecule has 23 heavy (non-hydrogen) atoms. The van der Waals surface area contributed by atoms with Gasteiger partial charge in [0, 0.05) is 25.4 Å². The molecule has 1 aromatic carbocycles. The summed E-state index contributed by atoms with van der Waals surface area (Å²) in [4.78, 5) is 18.6. The van der Waals surface area contributed by atoms with Gasteiger partial charge in [0.2, 0.25) is 5.91 Å². The van der Waals surface area contributed by atoms with Crippen LogP contribution < -0.4 is 5.32 Å². The predicted octanol–water partition coefficient (Wildman–Crippen LogP) is 2.41. The lowest BCUT2D eigenvalue weighted by Crippen LogP contribution is -2.29. The van der Waals surface area contributed by atoms with E-state index in [1.54, 1.807) is 4.68 Å². The SMILES string of the molecule is Cc1nn(C)cc1CN(C)CC(=O)Nc1nc2ccccc2s1.